The monoisotopic (exact) mass is 393 g/mol. The average molecular weight is 393 g/mol. The smallest absolute Gasteiger partial charge is 0.268 e. The lowest BCUT2D eigenvalue weighted by molar-refractivity contribution is 0.102. The largest absolute Gasteiger partial charge is 0.497 e. The van der Waals surface area contributed by atoms with Crippen molar-refractivity contribution in [2.75, 3.05) is 12.4 Å². The zero-order valence-electron chi connectivity index (χ0n) is 15.5. The summed E-state index contributed by atoms with van der Waals surface area (Å²) in [5.41, 5.74) is 2.75. The summed E-state index contributed by atoms with van der Waals surface area (Å²) in [4.78, 5) is 17.7. The quantitative estimate of drug-likeness (QED) is 0.525. The van der Waals surface area contributed by atoms with E-state index >= 15 is 0 Å². The first kappa shape index (κ1) is 18.1. The first-order chi connectivity index (χ1) is 13.6. The highest BCUT2D eigenvalue weighted by Gasteiger charge is 2.14. The van der Waals surface area contributed by atoms with Crippen LogP contribution in [0.15, 0.2) is 60.0 Å². The maximum Gasteiger partial charge on any atom is 0.268 e. The van der Waals surface area contributed by atoms with E-state index in [0.29, 0.717) is 17.4 Å². The standard InChI is InChI=1S/C21H19N3O3S/c1-24-18-9-4-3-8-17(18)22-21(24)23-20(25)19-10-14(13-28-19)12-27-16-7-5-6-15(11-16)26-2/h3-11,13H,12H2,1-2H3,(H,22,23,25). The minimum Gasteiger partial charge on any atom is -0.497 e. The van der Waals surface area contributed by atoms with Gasteiger partial charge in [0.25, 0.3) is 5.91 Å². The molecule has 0 saturated heterocycles. The Morgan fingerprint density at radius 3 is 2.79 bits per heavy atom. The molecule has 142 valence electrons. The Bertz CT molecular complexity index is 1130. The van der Waals surface area contributed by atoms with Gasteiger partial charge in [0.2, 0.25) is 5.95 Å². The van der Waals surface area contributed by atoms with E-state index in [4.69, 9.17) is 9.47 Å². The predicted octanol–water partition coefficient (Wildman–Crippen LogP) is 4.47. The van der Waals surface area contributed by atoms with Crippen LogP contribution in [0.4, 0.5) is 5.95 Å². The molecule has 0 aliphatic carbocycles. The Labute approximate surface area is 166 Å². The highest BCUT2D eigenvalue weighted by atomic mass is 32.1. The van der Waals surface area contributed by atoms with Crippen LogP contribution in [0.2, 0.25) is 0 Å². The van der Waals surface area contributed by atoms with E-state index in [-0.39, 0.29) is 5.91 Å². The number of carbonyl (C=O) groups is 1. The summed E-state index contributed by atoms with van der Waals surface area (Å²) in [5, 5.41) is 4.80. The van der Waals surface area contributed by atoms with Gasteiger partial charge < -0.3 is 14.0 Å². The molecule has 1 N–H and O–H groups in total. The topological polar surface area (TPSA) is 65.4 Å². The molecular weight excluding hydrogens is 374 g/mol. The van der Waals surface area contributed by atoms with Crippen LogP contribution in [0.3, 0.4) is 0 Å². The number of nitrogens with one attached hydrogen (secondary N) is 1. The molecule has 2 aromatic heterocycles. The Morgan fingerprint density at radius 1 is 1.14 bits per heavy atom. The maximum absolute atomic E-state index is 12.6. The van der Waals surface area contributed by atoms with Gasteiger partial charge in [-0.05, 0) is 35.7 Å². The van der Waals surface area contributed by atoms with Crippen LogP contribution in [0.1, 0.15) is 15.2 Å². The number of aryl methyl sites for hydroxylation is 1. The van der Waals surface area contributed by atoms with E-state index < -0.39 is 0 Å². The van der Waals surface area contributed by atoms with Crippen molar-refractivity contribution in [3.8, 4) is 11.5 Å². The fourth-order valence-electron chi connectivity index (χ4n) is 2.85. The maximum atomic E-state index is 12.6. The molecule has 0 saturated carbocycles. The lowest BCUT2D eigenvalue weighted by Gasteiger charge is -2.06. The highest BCUT2D eigenvalue weighted by Crippen LogP contribution is 2.23. The number of nitrogens with zero attached hydrogens (tertiary/aromatic N) is 2. The number of benzene rings is 2. The van der Waals surface area contributed by atoms with E-state index in [1.807, 2.05) is 71.6 Å². The molecule has 0 unspecified atom stereocenters. The molecule has 0 aliphatic rings. The molecule has 0 radical (unpaired) electrons. The van der Waals surface area contributed by atoms with Gasteiger partial charge >= 0.3 is 0 Å². The van der Waals surface area contributed by atoms with Crippen molar-refractivity contribution < 1.29 is 14.3 Å². The summed E-state index contributed by atoms with van der Waals surface area (Å²) in [7, 11) is 3.50. The Morgan fingerprint density at radius 2 is 1.96 bits per heavy atom. The number of anilines is 1. The van der Waals surface area contributed by atoms with Crippen LogP contribution in [0.5, 0.6) is 11.5 Å². The van der Waals surface area contributed by atoms with Crippen molar-refractivity contribution in [3.05, 3.63) is 70.4 Å². The molecule has 4 aromatic rings. The van der Waals surface area contributed by atoms with Crippen molar-refractivity contribution >= 4 is 34.2 Å². The molecule has 2 aromatic carbocycles. The Hall–Kier alpha value is -3.32. The second kappa shape index (κ2) is 7.74. The highest BCUT2D eigenvalue weighted by molar-refractivity contribution is 7.12. The van der Waals surface area contributed by atoms with Crippen LogP contribution < -0.4 is 14.8 Å². The van der Waals surface area contributed by atoms with Gasteiger partial charge in [-0.2, -0.15) is 0 Å². The molecule has 0 fully saturated rings. The van der Waals surface area contributed by atoms with Gasteiger partial charge in [-0.15, -0.1) is 11.3 Å². The number of fused-ring (bicyclic) bond motifs is 1. The number of thiophene rings is 1. The van der Waals surface area contributed by atoms with Crippen LogP contribution in [-0.4, -0.2) is 22.6 Å². The van der Waals surface area contributed by atoms with Crippen LogP contribution in [-0.2, 0) is 13.7 Å². The summed E-state index contributed by atoms with van der Waals surface area (Å²) in [6, 6.07) is 17.0. The normalized spacial score (nSPS) is 10.8. The second-order valence-corrected chi connectivity index (χ2v) is 7.14. The van der Waals surface area contributed by atoms with Gasteiger partial charge in [0.1, 0.15) is 18.1 Å². The molecule has 4 rings (SSSR count). The van der Waals surface area contributed by atoms with E-state index in [1.54, 1.807) is 7.11 Å². The number of hydrogen-bond donors (Lipinski definition) is 1. The summed E-state index contributed by atoms with van der Waals surface area (Å²) < 4.78 is 12.8. The van der Waals surface area contributed by atoms with Gasteiger partial charge in [0.15, 0.2) is 0 Å². The number of ether oxygens (including phenoxy) is 2. The molecule has 0 spiro atoms. The zero-order valence-corrected chi connectivity index (χ0v) is 16.3. The third kappa shape index (κ3) is 3.70. The molecular formula is C21H19N3O3S. The predicted molar refractivity (Wildman–Crippen MR) is 110 cm³/mol. The number of amides is 1. The number of rotatable bonds is 6. The third-order valence-electron chi connectivity index (χ3n) is 4.34. The van der Waals surface area contributed by atoms with Gasteiger partial charge in [-0.3, -0.25) is 10.1 Å². The van der Waals surface area contributed by atoms with Crippen molar-refractivity contribution in [2.24, 2.45) is 7.05 Å². The van der Waals surface area contributed by atoms with Crippen molar-refractivity contribution in [3.63, 3.8) is 0 Å². The number of carbonyl (C=O) groups excluding carboxylic acids is 1. The Balaban J connectivity index is 1.43. The number of hydrogen-bond acceptors (Lipinski definition) is 5. The minimum atomic E-state index is -0.184. The fourth-order valence-corrected chi connectivity index (χ4v) is 3.64. The number of aromatic nitrogens is 2. The summed E-state index contributed by atoms with van der Waals surface area (Å²) in [6.07, 6.45) is 0. The van der Waals surface area contributed by atoms with Gasteiger partial charge in [0, 0.05) is 18.7 Å². The molecule has 2 heterocycles. The number of imidazole rings is 1. The van der Waals surface area contributed by atoms with Crippen molar-refractivity contribution in [2.45, 2.75) is 6.61 Å². The minimum absolute atomic E-state index is 0.184. The first-order valence-electron chi connectivity index (χ1n) is 8.71. The van der Waals surface area contributed by atoms with E-state index in [0.717, 1.165) is 28.1 Å². The van der Waals surface area contributed by atoms with E-state index in [2.05, 4.69) is 10.3 Å². The summed E-state index contributed by atoms with van der Waals surface area (Å²) in [5.74, 6) is 1.80. The summed E-state index contributed by atoms with van der Waals surface area (Å²) >= 11 is 1.38. The molecule has 7 heteroatoms. The van der Waals surface area contributed by atoms with E-state index in [1.165, 1.54) is 11.3 Å². The molecule has 1 amide bonds. The Kier molecular flexibility index (Phi) is 4.99. The second-order valence-electron chi connectivity index (χ2n) is 6.22. The fraction of sp³-hybridized carbons (Fsp3) is 0.143. The number of para-hydroxylation sites is 2. The molecule has 28 heavy (non-hydrogen) atoms. The zero-order chi connectivity index (χ0) is 19.5. The van der Waals surface area contributed by atoms with Gasteiger partial charge in [0.05, 0.1) is 23.0 Å². The van der Waals surface area contributed by atoms with Crippen molar-refractivity contribution in [1.29, 1.82) is 0 Å². The van der Waals surface area contributed by atoms with Crippen molar-refractivity contribution in [1.82, 2.24) is 9.55 Å². The number of methoxy groups -OCH3 is 1. The molecule has 0 aliphatic heterocycles. The van der Waals surface area contributed by atoms with Gasteiger partial charge in [-0.25, -0.2) is 4.98 Å². The van der Waals surface area contributed by atoms with Gasteiger partial charge in [-0.1, -0.05) is 18.2 Å². The van der Waals surface area contributed by atoms with E-state index in [9.17, 15) is 4.79 Å². The molecule has 6 nitrogen and oxygen atoms in total. The first-order valence-corrected chi connectivity index (χ1v) is 9.59. The summed E-state index contributed by atoms with van der Waals surface area (Å²) in [6.45, 7) is 0.378. The lowest BCUT2D eigenvalue weighted by Crippen LogP contribution is -2.13. The molecule has 0 bridgehead atoms. The SMILES string of the molecule is COc1cccc(OCc2csc(C(=O)Nc3nc4ccccc4n3C)c2)c1. The lowest BCUT2D eigenvalue weighted by atomic mass is 10.3. The van der Waals surface area contributed by atoms with Crippen LogP contribution >= 0.6 is 11.3 Å². The van der Waals surface area contributed by atoms with Crippen LogP contribution in [0.25, 0.3) is 11.0 Å². The van der Waals surface area contributed by atoms with Crippen LogP contribution in [0, 0.1) is 0 Å². The molecule has 0 atom stereocenters. The average Bonchev–Trinajstić information content (AvgIpc) is 3.32. The third-order valence-corrected chi connectivity index (χ3v) is 5.31.